The fraction of sp³-hybridized carbons (Fsp3) is 0.0952. The number of nitrogens with two attached hydrogens (primary N) is 1. The highest BCUT2D eigenvalue weighted by Crippen LogP contribution is 2.32. The summed E-state index contributed by atoms with van der Waals surface area (Å²) in [6, 6.07) is 28.1. The minimum absolute atomic E-state index is 0.0742. The van der Waals surface area contributed by atoms with Crippen molar-refractivity contribution in [1.82, 2.24) is 0 Å². The number of aliphatic hydroxyl groups is 1. The maximum atomic E-state index is 12.3. The number of ketones is 1. The monoisotopic (exact) mass is 349 g/mol. The molecule has 0 aromatic heterocycles. The van der Waals surface area contributed by atoms with Gasteiger partial charge >= 0.3 is 0 Å². The van der Waals surface area contributed by atoms with Gasteiger partial charge in [0.15, 0.2) is 5.78 Å². The van der Waals surface area contributed by atoms with Gasteiger partial charge < -0.3 is 10.8 Å². The van der Waals surface area contributed by atoms with Crippen LogP contribution in [0.2, 0.25) is 0 Å². The Morgan fingerprint density at radius 1 is 0.840 bits per heavy atom. The molecule has 0 heterocycles. The molecular weight excluding hydrogens is 329 g/mol. The lowest BCUT2D eigenvalue weighted by molar-refractivity contribution is 0.0763. The van der Waals surface area contributed by atoms with E-state index in [1.807, 2.05) is 54.6 Å². The fourth-order valence-corrected chi connectivity index (χ4v) is 5.04. The molecule has 126 valence electrons. The van der Waals surface area contributed by atoms with E-state index in [1.54, 1.807) is 6.07 Å². The van der Waals surface area contributed by atoms with Crippen LogP contribution >= 0.6 is 7.92 Å². The van der Waals surface area contributed by atoms with Gasteiger partial charge in [0.2, 0.25) is 0 Å². The van der Waals surface area contributed by atoms with Crippen LogP contribution in [0.15, 0.2) is 84.9 Å². The van der Waals surface area contributed by atoms with Crippen LogP contribution in [0.3, 0.4) is 0 Å². The van der Waals surface area contributed by atoms with Gasteiger partial charge in [0.25, 0.3) is 0 Å². The molecule has 0 aliphatic rings. The zero-order valence-electron chi connectivity index (χ0n) is 13.7. The molecule has 0 aliphatic carbocycles. The van der Waals surface area contributed by atoms with Crippen molar-refractivity contribution in [3.05, 3.63) is 90.5 Å². The highest BCUT2D eigenvalue weighted by Gasteiger charge is 2.20. The van der Waals surface area contributed by atoms with Gasteiger partial charge in [-0.1, -0.05) is 78.9 Å². The molecule has 0 aliphatic heterocycles. The van der Waals surface area contributed by atoms with E-state index in [9.17, 15) is 9.90 Å². The molecule has 0 spiro atoms. The molecule has 0 amide bonds. The van der Waals surface area contributed by atoms with Crippen LogP contribution < -0.4 is 21.6 Å². The summed E-state index contributed by atoms with van der Waals surface area (Å²) in [6.45, 7) is -0.0742. The van der Waals surface area contributed by atoms with Gasteiger partial charge in [-0.3, -0.25) is 4.79 Å². The van der Waals surface area contributed by atoms with Crippen LogP contribution in [0, 0.1) is 0 Å². The number of rotatable bonds is 6. The number of carbonyl (C=O) groups excluding carboxylic acids is 1. The van der Waals surface area contributed by atoms with E-state index in [0.717, 1.165) is 5.30 Å². The molecule has 1 unspecified atom stereocenters. The molecule has 3 N–H and O–H groups in total. The van der Waals surface area contributed by atoms with Crippen molar-refractivity contribution in [2.45, 2.75) is 6.10 Å². The Morgan fingerprint density at radius 3 is 1.88 bits per heavy atom. The topological polar surface area (TPSA) is 63.3 Å². The van der Waals surface area contributed by atoms with Gasteiger partial charge in [0, 0.05) is 12.1 Å². The lowest BCUT2D eigenvalue weighted by atomic mass is 10.1. The van der Waals surface area contributed by atoms with E-state index >= 15 is 0 Å². The summed E-state index contributed by atoms with van der Waals surface area (Å²) in [5.41, 5.74) is 5.92. The smallest absolute Gasteiger partial charge is 0.192 e. The second-order valence-corrected chi connectivity index (χ2v) is 7.89. The second-order valence-electron chi connectivity index (χ2n) is 5.67. The van der Waals surface area contributed by atoms with Gasteiger partial charge in [0.1, 0.15) is 6.10 Å². The Hall–Kier alpha value is -2.32. The van der Waals surface area contributed by atoms with Crippen LogP contribution in [-0.2, 0) is 0 Å². The third-order valence-electron chi connectivity index (χ3n) is 3.94. The van der Waals surface area contributed by atoms with E-state index in [0.29, 0.717) is 5.56 Å². The first-order valence-electron chi connectivity index (χ1n) is 8.13. The third kappa shape index (κ3) is 4.02. The van der Waals surface area contributed by atoms with Gasteiger partial charge in [0.05, 0.1) is 0 Å². The van der Waals surface area contributed by atoms with E-state index in [2.05, 4.69) is 24.3 Å². The molecule has 3 nitrogen and oxygen atoms in total. The Labute approximate surface area is 148 Å². The minimum atomic E-state index is -1.16. The summed E-state index contributed by atoms with van der Waals surface area (Å²) in [6.07, 6.45) is -1.16. The molecule has 0 radical (unpaired) electrons. The van der Waals surface area contributed by atoms with Crippen molar-refractivity contribution < 1.29 is 9.90 Å². The zero-order chi connectivity index (χ0) is 17.6. The number of carbonyl (C=O) groups is 1. The Balaban J connectivity index is 2.07. The maximum absolute atomic E-state index is 12.3. The Kier molecular flexibility index (Phi) is 5.72. The van der Waals surface area contributed by atoms with Crippen molar-refractivity contribution in [3.63, 3.8) is 0 Å². The quantitative estimate of drug-likeness (QED) is 0.528. The van der Waals surface area contributed by atoms with E-state index in [-0.39, 0.29) is 12.3 Å². The normalized spacial score (nSPS) is 12.1. The lowest BCUT2D eigenvalue weighted by Gasteiger charge is -2.20. The second kappa shape index (κ2) is 8.17. The predicted octanol–water partition coefficient (Wildman–Crippen LogP) is 1.95. The average molecular weight is 349 g/mol. The fourth-order valence-electron chi connectivity index (χ4n) is 2.70. The molecule has 3 aromatic carbocycles. The number of benzene rings is 3. The highest BCUT2D eigenvalue weighted by atomic mass is 31.1. The Bertz CT molecular complexity index is 797. The number of hydrogen-bond acceptors (Lipinski definition) is 3. The lowest BCUT2D eigenvalue weighted by Crippen LogP contribution is -2.30. The van der Waals surface area contributed by atoms with Gasteiger partial charge in [-0.15, -0.1) is 0 Å². The van der Waals surface area contributed by atoms with E-state index in [4.69, 9.17) is 5.73 Å². The summed E-state index contributed by atoms with van der Waals surface area (Å²) < 4.78 is 0. The van der Waals surface area contributed by atoms with Crippen LogP contribution in [0.5, 0.6) is 0 Å². The minimum Gasteiger partial charge on any atom is -0.384 e. The maximum Gasteiger partial charge on any atom is 0.192 e. The van der Waals surface area contributed by atoms with Crippen molar-refractivity contribution in [3.8, 4) is 0 Å². The molecular formula is C21H20NO2P. The van der Waals surface area contributed by atoms with Gasteiger partial charge in [-0.25, -0.2) is 0 Å². The summed E-state index contributed by atoms with van der Waals surface area (Å²) >= 11 is 0. The number of aliphatic hydroxyl groups excluding tert-OH is 1. The third-order valence-corrected chi connectivity index (χ3v) is 6.37. The SMILES string of the molecule is NCC(O)C(=O)c1cccc(P(c2ccccc2)c2ccccc2)c1. The van der Waals surface area contributed by atoms with Crippen LogP contribution in [-0.4, -0.2) is 23.5 Å². The standard InChI is InChI=1S/C21H20NO2P/c22-15-20(23)21(24)16-8-7-13-19(14-16)25(17-9-3-1-4-10-17)18-11-5-2-6-12-18/h1-14,20,23H,15,22H2. The van der Waals surface area contributed by atoms with Crippen LogP contribution in [0.25, 0.3) is 0 Å². The first-order chi connectivity index (χ1) is 12.2. The average Bonchev–Trinajstić information content (AvgIpc) is 2.69. The summed E-state index contributed by atoms with van der Waals surface area (Å²) in [5.74, 6) is -0.333. The largest absolute Gasteiger partial charge is 0.384 e. The van der Waals surface area contributed by atoms with Gasteiger partial charge in [-0.2, -0.15) is 0 Å². The first kappa shape index (κ1) is 17.5. The zero-order valence-corrected chi connectivity index (χ0v) is 14.6. The van der Waals surface area contributed by atoms with Crippen molar-refractivity contribution >= 4 is 29.6 Å². The molecule has 0 fully saturated rings. The van der Waals surface area contributed by atoms with Crippen molar-refractivity contribution in [2.75, 3.05) is 6.54 Å². The number of hydrogen-bond donors (Lipinski definition) is 2. The molecule has 4 heteroatoms. The molecule has 3 rings (SSSR count). The van der Waals surface area contributed by atoms with E-state index in [1.165, 1.54) is 10.6 Å². The van der Waals surface area contributed by atoms with Crippen LogP contribution in [0.4, 0.5) is 0 Å². The Morgan fingerprint density at radius 2 is 1.36 bits per heavy atom. The molecule has 3 aromatic rings. The summed E-state index contributed by atoms with van der Waals surface area (Å²) in [4.78, 5) is 12.3. The first-order valence-corrected chi connectivity index (χ1v) is 9.47. The molecule has 0 bridgehead atoms. The van der Waals surface area contributed by atoms with Crippen molar-refractivity contribution in [1.29, 1.82) is 0 Å². The summed E-state index contributed by atoms with van der Waals surface area (Å²) in [5, 5.41) is 13.3. The summed E-state index contributed by atoms with van der Waals surface area (Å²) in [7, 11) is -0.776. The predicted molar refractivity (Wildman–Crippen MR) is 105 cm³/mol. The van der Waals surface area contributed by atoms with Crippen LogP contribution in [0.1, 0.15) is 10.4 Å². The molecule has 25 heavy (non-hydrogen) atoms. The molecule has 1 atom stereocenters. The van der Waals surface area contributed by atoms with E-state index < -0.39 is 14.0 Å². The van der Waals surface area contributed by atoms with Gasteiger partial charge in [-0.05, 0) is 29.9 Å². The number of Topliss-reactive ketones (excluding diaryl/α,β-unsaturated/α-hetero) is 1. The van der Waals surface area contributed by atoms with Crippen molar-refractivity contribution in [2.24, 2.45) is 5.73 Å². The molecule has 0 saturated heterocycles. The highest BCUT2D eigenvalue weighted by molar-refractivity contribution is 7.79. The molecule has 0 saturated carbocycles.